The first kappa shape index (κ1) is 22.5. The van der Waals surface area contributed by atoms with E-state index >= 15 is 0 Å². The Bertz CT molecular complexity index is 1350. The third-order valence-electron chi connectivity index (χ3n) is 5.00. The summed E-state index contributed by atoms with van der Waals surface area (Å²) < 4.78 is 52.2. The summed E-state index contributed by atoms with van der Waals surface area (Å²) in [6, 6.07) is 19.0. The second-order valence-corrected chi connectivity index (χ2v) is 8.25. The van der Waals surface area contributed by atoms with E-state index in [4.69, 9.17) is 0 Å². The molecular formula is C24H16F4N2O2S. The van der Waals surface area contributed by atoms with E-state index in [0.717, 1.165) is 21.2 Å². The third kappa shape index (κ3) is 4.58. The predicted molar refractivity (Wildman–Crippen MR) is 121 cm³/mol. The maximum Gasteiger partial charge on any atom is 0.471 e. The number of amides is 2. The largest absolute Gasteiger partial charge is 0.471 e. The minimum Gasteiger partial charge on any atom is -0.316 e. The van der Waals surface area contributed by atoms with Crippen LogP contribution in [0.5, 0.6) is 0 Å². The molecule has 4 aromatic rings. The van der Waals surface area contributed by atoms with Gasteiger partial charge in [-0.1, -0.05) is 36.4 Å². The lowest BCUT2D eigenvalue weighted by atomic mass is 10.0. The van der Waals surface area contributed by atoms with Crippen molar-refractivity contribution in [2.45, 2.75) is 6.18 Å². The SMILES string of the molecule is CN(C(=O)c1cc2c(-c3ccc(F)cc3)cccc2s1)c1ccccc1NC(=O)C(F)(F)F. The molecule has 1 N–H and O–H groups in total. The lowest BCUT2D eigenvalue weighted by Gasteiger charge is -2.20. The Morgan fingerprint density at radius 3 is 2.33 bits per heavy atom. The Hall–Kier alpha value is -3.72. The van der Waals surface area contributed by atoms with Crippen LogP contribution in [0.15, 0.2) is 72.8 Å². The Morgan fingerprint density at radius 1 is 0.939 bits per heavy atom. The van der Waals surface area contributed by atoms with E-state index in [1.54, 1.807) is 24.3 Å². The highest BCUT2D eigenvalue weighted by Crippen LogP contribution is 2.36. The van der Waals surface area contributed by atoms with Crippen LogP contribution in [0.2, 0.25) is 0 Å². The van der Waals surface area contributed by atoms with Gasteiger partial charge in [0.15, 0.2) is 0 Å². The molecule has 0 fully saturated rings. The summed E-state index contributed by atoms with van der Waals surface area (Å²) in [4.78, 5) is 26.1. The van der Waals surface area contributed by atoms with Crippen molar-refractivity contribution in [3.05, 3.63) is 83.5 Å². The average molecular weight is 472 g/mol. The average Bonchev–Trinajstić information content (AvgIpc) is 3.23. The molecule has 3 aromatic carbocycles. The molecule has 1 aromatic heterocycles. The number of thiophene rings is 1. The Labute approximate surface area is 190 Å². The molecule has 0 bridgehead atoms. The van der Waals surface area contributed by atoms with Gasteiger partial charge in [0.05, 0.1) is 16.3 Å². The number of benzene rings is 3. The summed E-state index contributed by atoms with van der Waals surface area (Å²) in [6.45, 7) is 0. The van der Waals surface area contributed by atoms with Gasteiger partial charge in [-0.15, -0.1) is 11.3 Å². The van der Waals surface area contributed by atoms with Gasteiger partial charge in [0.25, 0.3) is 5.91 Å². The highest BCUT2D eigenvalue weighted by Gasteiger charge is 2.39. The lowest BCUT2D eigenvalue weighted by molar-refractivity contribution is -0.167. The van der Waals surface area contributed by atoms with Gasteiger partial charge in [0, 0.05) is 17.1 Å². The number of hydrogen-bond donors (Lipinski definition) is 1. The fraction of sp³-hybridized carbons (Fsp3) is 0.0833. The van der Waals surface area contributed by atoms with Crippen LogP contribution >= 0.6 is 11.3 Å². The zero-order valence-corrected chi connectivity index (χ0v) is 17.9. The summed E-state index contributed by atoms with van der Waals surface area (Å²) in [5, 5.41) is 2.61. The zero-order valence-electron chi connectivity index (χ0n) is 17.1. The molecule has 0 aliphatic rings. The van der Waals surface area contributed by atoms with E-state index < -0.39 is 18.0 Å². The molecule has 0 unspecified atom stereocenters. The van der Waals surface area contributed by atoms with Crippen LogP contribution in [0.3, 0.4) is 0 Å². The number of anilines is 2. The standard InChI is InChI=1S/C24H16F4N2O2S/c1-30(19-7-3-2-6-18(19)29-23(32)24(26,27)28)22(31)21-13-17-16(5-4-8-20(17)33-21)14-9-11-15(25)12-10-14/h2-13H,1H3,(H,29,32). The quantitative estimate of drug-likeness (QED) is 0.346. The fourth-order valence-electron chi connectivity index (χ4n) is 3.39. The maximum atomic E-state index is 13.3. The molecule has 4 rings (SSSR count). The van der Waals surface area contributed by atoms with Crippen molar-refractivity contribution in [1.29, 1.82) is 0 Å². The van der Waals surface area contributed by atoms with Crippen molar-refractivity contribution in [3.8, 4) is 11.1 Å². The van der Waals surface area contributed by atoms with Gasteiger partial charge in [0.2, 0.25) is 0 Å². The van der Waals surface area contributed by atoms with Crippen LogP contribution in [-0.2, 0) is 4.79 Å². The van der Waals surface area contributed by atoms with Gasteiger partial charge >= 0.3 is 12.1 Å². The van der Waals surface area contributed by atoms with Crippen molar-refractivity contribution in [2.24, 2.45) is 0 Å². The van der Waals surface area contributed by atoms with E-state index in [-0.39, 0.29) is 17.2 Å². The highest BCUT2D eigenvalue weighted by molar-refractivity contribution is 7.21. The Kier molecular flexibility index (Phi) is 5.90. The second-order valence-electron chi connectivity index (χ2n) is 7.17. The van der Waals surface area contributed by atoms with Gasteiger partial charge in [-0.05, 0) is 47.5 Å². The van der Waals surface area contributed by atoms with Crippen LogP contribution in [-0.4, -0.2) is 25.0 Å². The van der Waals surface area contributed by atoms with Crippen LogP contribution in [0.4, 0.5) is 28.9 Å². The van der Waals surface area contributed by atoms with E-state index in [0.29, 0.717) is 4.88 Å². The molecule has 0 saturated heterocycles. The molecule has 4 nitrogen and oxygen atoms in total. The number of alkyl halides is 3. The maximum absolute atomic E-state index is 13.3. The van der Waals surface area contributed by atoms with Crippen molar-refractivity contribution >= 4 is 44.6 Å². The van der Waals surface area contributed by atoms with Gasteiger partial charge in [0.1, 0.15) is 5.82 Å². The summed E-state index contributed by atoms with van der Waals surface area (Å²) in [7, 11) is 1.42. The first-order valence-corrected chi connectivity index (χ1v) is 10.5. The fourth-order valence-corrected chi connectivity index (χ4v) is 4.45. The van der Waals surface area contributed by atoms with E-state index in [9.17, 15) is 27.2 Å². The minimum atomic E-state index is -5.06. The summed E-state index contributed by atoms with van der Waals surface area (Å²) in [5.74, 6) is -2.93. The molecule has 0 aliphatic heterocycles. The molecule has 1 heterocycles. The highest BCUT2D eigenvalue weighted by atomic mass is 32.1. The smallest absolute Gasteiger partial charge is 0.316 e. The number of nitrogens with one attached hydrogen (secondary N) is 1. The van der Waals surface area contributed by atoms with E-state index in [1.807, 2.05) is 23.5 Å². The van der Waals surface area contributed by atoms with Crippen molar-refractivity contribution in [3.63, 3.8) is 0 Å². The molecule has 0 aliphatic carbocycles. The van der Waals surface area contributed by atoms with Crippen LogP contribution in [0.25, 0.3) is 21.2 Å². The van der Waals surface area contributed by atoms with Crippen molar-refractivity contribution < 1.29 is 27.2 Å². The zero-order chi connectivity index (χ0) is 23.8. The normalized spacial score (nSPS) is 11.4. The third-order valence-corrected chi connectivity index (χ3v) is 6.09. The molecule has 0 atom stereocenters. The van der Waals surface area contributed by atoms with E-state index in [1.165, 1.54) is 53.6 Å². The number of halogens is 4. The number of carbonyl (C=O) groups excluding carboxylic acids is 2. The summed E-state index contributed by atoms with van der Waals surface area (Å²) >= 11 is 1.23. The van der Waals surface area contributed by atoms with E-state index in [2.05, 4.69) is 0 Å². The monoisotopic (exact) mass is 472 g/mol. The van der Waals surface area contributed by atoms with Gasteiger partial charge in [-0.3, -0.25) is 9.59 Å². The van der Waals surface area contributed by atoms with Crippen molar-refractivity contribution in [1.82, 2.24) is 0 Å². The van der Waals surface area contributed by atoms with Gasteiger partial charge < -0.3 is 10.2 Å². The molecule has 0 radical (unpaired) electrons. The summed E-state index contributed by atoms with van der Waals surface area (Å²) in [6.07, 6.45) is -5.06. The molecule has 33 heavy (non-hydrogen) atoms. The van der Waals surface area contributed by atoms with Crippen molar-refractivity contribution in [2.75, 3.05) is 17.3 Å². The Morgan fingerprint density at radius 2 is 1.64 bits per heavy atom. The molecule has 2 amide bonds. The molecule has 0 saturated carbocycles. The first-order chi connectivity index (χ1) is 15.6. The number of hydrogen-bond acceptors (Lipinski definition) is 3. The molecule has 9 heteroatoms. The first-order valence-electron chi connectivity index (χ1n) is 9.69. The predicted octanol–water partition coefficient (Wildman–Crippen LogP) is 6.48. The van der Waals surface area contributed by atoms with Gasteiger partial charge in [-0.2, -0.15) is 13.2 Å². The number of para-hydroxylation sites is 2. The topological polar surface area (TPSA) is 49.4 Å². The van der Waals surface area contributed by atoms with Crippen LogP contribution in [0, 0.1) is 5.82 Å². The second kappa shape index (κ2) is 8.67. The number of carbonyl (C=O) groups is 2. The number of rotatable bonds is 4. The molecule has 0 spiro atoms. The van der Waals surface area contributed by atoms with Crippen LogP contribution < -0.4 is 10.2 Å². The van der Waals surface area contributed by atoms with Crippen LogP contribution in [0.1, 0.15) is 9.67 Å². The minimum absolute atomic E-state index is 0.122. The number of nitrogens with zero attached hydrogens (tertiary/aromatic N) is 1. The number of fused-ring (bicyclic) bond motifs is 1. The molecule has 168 valence electrons. The Balaban J connectivity index is 1.68. The lowest BCUT2D eigenvalue weighted by Crippen LogP contribution is -2.32. The summed E-state index contributed by atoms with van der Waals surface area (Å²) in [5.41, 5.74) is 1.59. The molecular weight excluding hydrogens is 456 g/mol. The van der Waals surface area contributed by atoms with Gasteiger partial charge in [-0.25, -0.2) is 4.39 Å².